The minimum absolute atomic E-state index is 0.0956. The Kier molecular flexibility index (Phi) is 7.59. The highest BCUT2D eigenvalue weighted by molar-refractivity contribution is 7.92. The van der Waals surface area contributed by atoms with Gasteiger partial charge in [0.05, 0.1) is 10.6 Å². The summed E-state index contributed by atoms with van der Waals surface area (Å²) in [7, 11) is -3.86. The van der Waals surface area contributed by atoms with Gasteiger partial charge in [-0.15, -0.1) is 0 Å². The van der Waals surface area contributed by atoms with Crippen LogP contribution in [0.4, 0.5) is 5.69 Å². The molecule has 0 aromatic heterocycles. The van der Waals surface area contributed by atoms with Gasteiger partial charge in [0.25, 0.3) is 15.9 Å². The van der Waals surface area contributed by atoms with Gasteiger partial charge in [0.2, 0.25) is 0 Å². The number of aryl methyl sites for hydroxylation is 5. The van der Waals surface area contributed by atoms with E-state index in [0.717, 1.165) is 29.5 Å². The second-order valence-electron chi connectivity index (χ2n) is 8.40. The Morgan fingerprint density at radius 1 is 0.818 bits per heavy atom. The minimum atomic E-state index is -3.86. The van der Waals surface area contributed by atoms with Gasteiger partial charge in [-0.05, 0) is 85.2 Å². The molecule has 2 N–H and O–H groups in total. The van der Waals surface area contributed by atoms with Crippen molar-refractivity contribution in [3.8, 4) is 0 Å². The fourth-order valence-electron chi connectivity index (χ4n) is 3.76. The Morgan fingerprint density at radius 3 is 2.24 bits per heavy atom. The predicted octanol–water partition coefficient (Wildman–Crippen LogP) is 5.47. The van der Waals surface area contributed by atoms with E-state index in [0.29, 0.717) is 23.4 Å². The molecule has 0 saturated heterocycles. The van der Waals surface area contributed by atoms with Gasteiger partial charge in [0.1, 0.15) is 0 Å². The summed E-state index contributed by atoms with van der Waals surface area (Å²) >= 11 is 0. The van der Waals surface area contributed by atoms with Crippen LogP contribution in [-0.4, -0.2) is 14.3 Å². The molecule has 0 bridgehead atoms. The molecular formula is C27H32N2O3S. The highest BCUT2D eigenvalue weighted by Gasteiger charge is 2.20. The molecule has 0 fully saturated rings. The lowest BCUT2D eigenvalue weighted by molar-refractivity contribution is 0.0950. The van der Waals surface area contributed by atoms with Crippen LogP contribution < -0.4 is 10.0 Å². The van der Waals surface area contributed by atoms with Crippen molar-refractivity contribution >= 4 is 21.6 Å². The number of hydrogen-bond acceptors (Lipinski definition) is 3. The number of benzene rings is 3. The van der Waals surface area contributed by atoms with E-state index in [1.54, 1.807) is 25.1 Å². The predicted molar refractivity (Wildman–Crippen MR) is 134 cm³/mol. The van der Waals surface area contributed by atoms with E-state index in [9.17, 15) is 13.2 Å². The van der Waals surface area contributed by atoms with Crippen molar-refractivity contribution in [1.29, 1.82) is 0 Å². The van der Waals surface area contributed by atoms with E-state index < -0.39 is 10.0 Å². The summed E-state index contributed by atoms with van der Waals surface area (Å²) in [6, 6.07) is 16.7. The zero-order valence-electron chi connectivity index (χ0n) is 20.0. The molecular weight excluding hydrogens is 432 g/mol. The minimum Gasteiger partial charge on any atom is -0.348 e. The first-order valence-corrected chi connectivity index (χ1v) is 12.7. The molecule has 0 spiro atoms. The molecule has 5 nitrogen and oxygen atoms in total. The van der Waals surface area contributed by atoms with Crippen LogP contribution in [0, 0.1) is 20.8 Å². The molecule has 0 unspecified atom stereocenters. The number of hydrogen-bond donors (Lipinski definition) is 2. The molecule has 0 aliphatic carbocycles. The fourth-order valence-corrected chi connectivity index (χ4v) is 5.16. The van der Waals surface area contributed by atoms with Gasteiger partial charge in [-0.2, -0.15) is 0 Å². The number of anilines is 1. The normalized spacial score (nSPS) is 11.3. The molecule has 33 heavy (non-hydrogen) atoms. The first-order chi connectivity index (χ1) is 15.6. The number of sulfonamides is 1. The number of amides is 1. The van der Waals surface area contributed by atoms with Gasteiger partial charge in [-0.25, -0.2) is 8.42 Å². The van der Waals surface area contributed by atoms with Crippen molar-refractivity contribution in [1.82, 2.24) is 5.32 Å². The molecule has 0 aliphatic rings. The van der Waals surface area contributed by atoms with E-state index in [4.69, 9.17) is 0 Å². The molecule has 6 heteroatoms. The second kappa shape index (κ2) is 10.2. The number of nitrogens with one attached hydrogen (secondary N) is 2. The van der Waals surface area contributed by atoms with Gasteiger partial charge in [-0.3, -0.25) is 9.52 Å². The summed E-state index contributed by atoms with van der Waals surface area (Å²) in [6.07, 6.45) is 1.81. The molecule has 3 aromatic rings. The van der Waals surface area contributed by atoms with Crippen LogP contribution in [0.3, 0.4) is 0 Å². The summed E-state index contributed by atoms with van der Waals surface area (Å²) in [5, 5.41) is 2.95. The van der Waals surface area contributed by atoms with Crippen LogP contribution in [0.15, 0.2) is 59.5 Å². The lowest BCUT2D eigenvalue weighted by atomic mass is 10.0. The van der Waals surface area contributed by atoms with Gasteiger partial charge in [0.15, 0.2) is 0 Å². The summed E-state index contributed by atoms with van der Waals surface area (Å²) < 4.78 is 29.0. The zero-order chi connectivity index (χ0) is 24.2. The lowest BCUT2D eigenvalue weighted by Crippen LogP contribution is -2.24. The maximum absolute atomic E-state index is 13.2. The van der Waals surface area contributed by atoms with Crippen LogP contribution in [0.2, 0.25) is 0 Å². The maximum atomic E-state index is 13.2. The molecule has 0 aliphatic heterocycles. The first-order valence-electron chi connectivity index (χ1n) is 11.2. The van der Waals surface area contributed by atoms with E-state index >= 15 is 0 Å². The Morgan fingerprint density at radius 2 is 1.55 bits per heavy atom. The zero-order valence-corrected chi connectivity index (χ0v) is 20.8. The largest absolute Gasteiger partial charge is 0.348 e. The van der Waals surface area contributed by atoms with E-state index in [2.05, 4.69) is 42.1 Å². The van der Waals surface area contributed by atoms with Crippen LogP contribution in [-0.2, 0) is 29.4 Å². The Balaban J connectivity index is 1.83. The lowest BCUT2D eigenvalue weighted by Gasteiger charge is -2.15. The molecule has 0 saturated carbocycles. The van der Waals surface area contributed by atoms with E-state index in [-0.39, 0.29) is 10.8 Å². The fraction of sp³-hybridized carbons (Fsp3) is 0.296. The average Bonchev–Trinajstić information content (AvgIpc) is 2.79. The van der Waals surface area contributed by atoms with Crippen molar-refractivity contribution in [2.45, 2.75) is 58.9 Å². The van der Waals surface area contributed by atoms with E-state index in [1.807, 2.05) is 26.0 Å². The molecule has 0 radical (unpaired) electrons. The highest BCUT2D eigenvalue weighted by atomic mass is 32.2. The maximum Gasteiger partial charge on any atom is 0.262 e. The molecule has 1 amide bonds. The number of carbonyl (C=O) groups is 1. The quantitative estimate of drug-likeness (QED) is 0.464. The third-order valence-electron chi connectivity index (χ3n) is 5.88. The molecule has 3 rings (SSSR count). The third-order valence-corrected chi connectivity index (χ3v) is 7.38. The molecule has 0 atom stereocenters. The Bertz CT molecular complexity index is 1280. The van der Waals surface area contributed by atoms with Crippen molar-refractivity contribution in [2.24, 2.45) is 0 Å². The van der Waals surface area contributed by atoms with Gasteiger partial charge in [-0.1, -0.05) is 50.2 Å². The summed E-state index contributed by atoms with van der Waals surface area (Å²) in [4.78, 5) is 13.0. The number of rotatable bonds is 8. The third kappa shape index (κ3) is 5.82. The summed E-state index contributed by atoms with van der Waals surface area (Å²) in [6.45, 7) is 10.1. The van der Waals surface area contributed by atoms with Crippen molar-refractivity contribution in [2.75, 3.05) is 4.72 Å². The van der Waals surface area contributed by atoms with Crippen LogP contribution in [0.1, 0.15) is 57.6 Å². The molecule has 174 valence electrons. The number of carbonyl (C=O) groups excluding carboxylic acids is 1. The van der Waals surface area contributed by atoms with Gasteiger partial charge in [0, 0.05) is 12.1 Å². The monoisotopic (exact) mass is 464 g/mol. The van der Waals surface area contributed by atoms with E-state index in [1.165, 1.54) is 17.2 Å². The SMILES string of the molecule is CCc1ccc(CC)c(CNC(=O)c2ccc(C)c(S(=O)(=O)Nc3cc(C)ccc3C)c2)c1. The van der Waals surface area contributed by atoms with Crippen LogP contribution in [0.25, 0.3) is 0 Å². The average molecular weight is 465 g/mol. The van der Waals surface area contributed by atoms with Crippen molar-refractivity contribution in [3.05, 3.63) is 93.5 Å². The molecule has 3 aromatic carbocycles. The highest BCUT2D eigenvalue weighted by Crippen LogP contribution is 2.24. The summed E-state index contributed by atoms with van der Waals surface area (Å²) in [5.74, 6) is -0.304. The summed E-state index contributed by atoms with van der Waals surface area (Å²) in [5.41, 5.74) is 6.71. The molecule has 0 heterocycles. The van der Waals surface area contributed by atoms with Crippen molar-refractivity contribution in [3.63, 3.8) is 0 Å². The standard InChI is InChI=1S/C27H32N2O3S/c1-6-21-11-13-22(7-2)24(15-21)17-28-27(30)23-12-10-20(5)26(16-23)33(31,32)29-25-14-18(3)8-9-19(25)4/h8-16,29H,6-7,17H2,1-5H3,(H,28,30). The van der Waals surface area contributed by atoms with Gasteiger partial charge >= 0.3 is 0 Å². The van der Waals surface area contributed by atoms with Crippen LogP contribution in [0.5, 0.6) is 0 Å². The van der Waals surface area contributed by atoms with Crippen LogP contribution >= 0.6 is 0 Å². The first kappa shape index (κ1) is 24.5. The van der Waals surface area contributed by atoms with Gasteiger partial charge < -0.3 is 5.32 Å². The second-order valence-corrected chi connectivity index (χ2v) is 10.0. The topological polar surface area (TPSA) is 75.3 Å². The van der Waals surface area contributed by atoms with Crippen molar-refractivity contribution < 1.29 is 13.2 Å². The Labute approximate surface area is 197 Å². The smallest absolute Gasteiger partial charge is 0.262 e. The Hall–Kier alpha value is -3.12.